The first-order valence-electron chi connectivity index (χ1n) is 11.4. The highest BCUT2D eigenvalue weighted by Crippen LogP contribution is 2.41. The maximum atomic E-state index is 12.8. The van der Waals surface area contributed by atoms with Gasteiger partial charge in [0.15, 0.2) is 0 Å². The van der Waals surface area contributed by atoms with E-state index >= 15 is 0 Å². The Kier molecular flexibility index (Phi) is 7.03. The molecule has 166 valence electrons. The molecule has 30 heavy (non-hydrogen) atoms. The number of hydrogen-bond donors (Lipinski definition) is 1. The summed E-state index contributed by atoms with van der Waals surface area (Å²) in [7, 11) is 1.99. The average molecular weight is 417 g/mol. The molecule has 0 saturated carbocycles. The Balaban J connectivity index is 1.28. The van der Waals surface area contributed by atoms with E-state index in [1.54, 1.807) is 6.20 Å². The van der Waals surface area contributed by atoms with Crippen molar-refractivity contribution in [1.29, 1.82) is 0 Å². The topological polar surface area (TPSA) is 69.1 Å². The van der Waals surface area contributed by atoms with Crippen LogP contribution in [0.25, 0.3) is 0 Å². The summed E-state index contributed by atoms with van der Waals surface area (Å²) in [6, 6.07) is 4.50. The van der Waals surface area contributed by atoms with Crippen molar-refractivity contribution >= 4 is 5.91 Å². The number of aliphatic hydroxyl groups excluding tert-OH is 1. The van der Waals surface area contributed by atoms with E-state index in [4.69, 9.17) is 4.74 Å². The quantitative estimate of drug-likeness (QED) is 0.782. The van der Waals surface area contributed by atoms with Crippen LogP contribution in [0.1, 0.15) is 37.7 Å². The molecule has 3 aliphatic heterocycles. The van der Waals surface area contributed by atoms with Gasteiger partial charge in [0.2, 0.25) is 5.91 Å². The van der Waals surface area contributed by atoms with Crippen LogP contribution in [0.3, 0.4) is 0 Å². The summed E-state index contributed by atoms with van der Waals surface area (Å²) < 4.78 is 5.52. The van der Waals surface area contributed by atoms with Gasteiger partial charge in [0.1, 0.15) is 0 Å². The largest absolute Gasteiger partial charge is 0.392 e. The molecule has 1 unspecified atom stereocenters. The van der Waals surface area contributed by atoms with Gasteiger partial charge in [-0.3, -0.25) is 19.6 Å². The SMILES string of the molecule is CN(CC(=O)N1CCC2(CC1)CC(O)CN(C1CCOCC1)C2)Cc1cccnc1. The van der Waals surface area contributed by atoms with E-state index in [0.29, 0.717) is 12.6 Å². The summed E-state index contributed by atoms with van der Waals surface area (Å²) in [6.45, 7) is 6.26. The minimum absolute atomic E-state index is 0.147. The first kappa shape index (κ1) is 21.7. The van der Waals surface area contributed by atoms with E-state index in [1.165, 1.54) is 0 Å². The number of likely N-dealkylation sites (tertiary alicyclic amines) is 2. The number of ether oxygens (including phenoxy) is 1. The van der Waals surface area contributed by atoms with Crippen LogP contribution in [0.5, 0.6) is 0 Å². The molecule has 4 rings (SSSR count). The van der Waals surface area contributed by atoms with Crippen molar-refractivity contribution in [2.45, 2.75) is 50.8 Å². The van der Waals surface area contributed by atoms with Crippen molar-refractivity contribution < 1.29 is 14.6 Å². The first-order valence-corrected chi connectivity index (χ1v) is 11.4. The first-order chi connectivity index (χ1) is 14.5. The van der Waals surface area contributed by atoms with Gasteiger partial charge >= 0.3 is 0 Å². The maximum absolute atomic E-state index is 12.8. The number of pyridine rings is 1. The summed E-state index contributed by atoms with van der Waals surface area (Å²) in [6.07, 6.45) is 8.34. The van der Waals surface area contributed by atoms with Gasteiger partial charge in [-0.05, 0) is 56.2 Å². The number of piperidine rings is 2. The van der Waals surface area contributed by atoms with Gasteiger partial charge in [0.05, 0.1) is 12.6 Å². The molecule has 0 bridgehead atoms. The minimum atomic E-state index is -0.255. The third kappa shape index (κ3) is 5.38. The number of likely N-dealkylation sites (N-methyl/N-ethyl adjacent to an activating group) is 1. The van der Waals surface area contributed by atoms with Gasteiger partial charge in [0.25, 0.3) is 0 Å². The second kappa shape index (κ2) is 9.73. The summed E-state index contributed by atoms with van der Waals surface area (Å²) >= 11 is 0. The highest BCUT2D eigenvalue weighted by atomic mass is 16.5. The van der Waals surface area contributed by atoms with Gasteiger partial charge in [-0.25, -0.2) is 0 Å². The molecule has 1 aromatic heterocycles. The van der Waals surface area contributed by atoms with E-state index in [2.05, 4.69) is 14.8 Å². The molecule has 1 amide bonds. The summed E-state index contributed by atoms with van der Waals surface area (Å²) in [5.41, 5.74) is 1.27. The van der Waals surface area contributed by atoms with Crippen LogP contribution in [0, 0.1) is 5.41 Å². The molecule has 3 aliphatic rings. The van der Waals surface area contributed by atoms with Crippen LogP contribution in [0.4, 0.5) is 0 Å². The molecule has 1 spiro atoms. The van der Waals surface area contributed by atoms with E-state index in [1.807, 2.05) is 30.3 Å². The van der Waals surface area contributed by atoms with Gasteiger partial charge in [-0.1, -0.05) is 6.07 Å². The van der Waals surface area contributed by atoms with E-state index in [0.717, 1.165) is 83.6 Å². The monoisotopic (exact) mass is 416 g/mol. The molecule has 7 nitrogen and oxygen atoms in total. The Labute approximate surface area is 180 Å². The predicted molar refractivity (Wildman–Crippen MR) is 115 cm³/mol. The number of hydrogen-bond acceptors (Lipinski definition) is 6. The fraction of sp³-hybridized carbons (Fsp3) is 0.739. The van der Waals surface area contributed by atoms with Crippen LogP contribution < -0.4 is 0 Å². The number of amides is 1. The lowest BCUT2D eigenvalue weighted by Crippen LogP contribution is -2.57. The number of aliphatic hydroxyl groups is 1. The van der Waals surface area contributed by atoms with Crippen molar-refractivity contribution in [2.75, 3.05) is 53.0 Å². The molecule has 3 saturated heterocycles. The molecule has 1 atom stereocenters. The normalized spacial score (nSPS) is 25.7. The van der Waals surface area contributed by atoms with E-state index in [9.17, 15) is 9.90 Å². The minimum Gasteiger partial charge on any atom is -0.392 e. The molecule has 0 aliphatic carbocycles. The zero-order valence-corrected chi connectivity index (χ0v) is 18.2. The fourth-order valence-corrected chi connectivity index (χ4v) is 5.51. The standard InChI is InChI=1S/C23H36N4O3/c1-25(15-19-3-2-8-24-14-19)17-22(29)26-9-6-23(7-10-26)13-21(28)16-27(18-23)20-4-11-30-12-5-20/h2-3,8,14,20-21,28H,4-7,9-13,15-18H2,1H3. The molecule has 0 radical (unpaired) electrons. The highest BCUT2D eigenvalue weighted by Gasteiger charge is 2.43. The molecule has 0 aromatic carbocycles. The molecular formula is C23H36N4O3. The van der Waals surface area contributed by atoms with Crippen molar-refractivity contribution in [3.63, 3.8) is 0 Å². The number of carbonyl (C=O) groups excluding carboxylic acids is 1. The smallest absolute Gasteiger partial charge is 0.236 e. The molecule has 3 fully saturated rings. The van der Waals surface area contributed by atoms with Crippen LogP contribution >= 0.6 is 0 Å². The van der Waals surface area contributed by atoms with Crippen molar-refractivity contribution in [3.8, 4) is 0 Å². The van der Waals surface area contributed by atoms with Gasteiger partial charge in [-0.2, -0.15) is 0 Å². The molecule has 4 heterocycles. The molecule has 7 heteroatoms. The Morgan fingerprint density at radius 2 is 2.10 bits per heavy atom. The van der Waals surface area contributed by atoms with E-state index < -0.39 is 0 Å². The number of nitrogens with zero attached hydrogens (tertiary/aromatic N) is 4. The number of carbonyl (C=O) groups is 1. The van der Waals surface area contributed by atoms with Crippen LogP contribution in [0.15, 0.2) is 24.5 Å². The summed E-state index contributed by atoms with van der Waals surface area (Å²) in [5.74, 6) is 0.203. The van der Waals surface area contributed by atoms with E-state index in [-0.39, 0.29) is 17.4 Å². The number of β-amino-alcohol motifs (C(OH)–C–C–N with tert-alkyl or cyclic N) is 1. The third-order valence-electron chi connectivity index (χ3n) is 7.12. The summed E-state index contributed by atoms with van der Waals surface area (Å²) in [5, 5.41) is 10.6. The molecular weight excluding hydrogens is 380 g/mol. The number of aromatic nitrogens is 1. The van der Waals surface area contributed by atoms with Crippen molar-refractivity contribution in [1.82, 2.24) is 19.7 Å². The Morgan fingerprint density at radius 1 is 1.33 bits per heavy atom. The predicted octanol–water partition coefficient (Wildman–Crippen LogP) is 1.37. The number of rotatable bonds is 5. The lowest BCUT2D eigenvalue weighted by atomic mass is 9.71. The van der Waals surface area contributed by atoms with Gasteiger partial charge in [0, 0.05) is 64.4 Å². The third-order valence-corrected chi connectivity index (χ3v) is 7.12. The fourth-order valence-electron chi connectivity index (χ4n) is 5.51. The maximum Gasteiger partial charge on any atom is 0.236 e. The van der Waals surface area contributed by atoms with Crippen LogP contribution in [-0.4, -0.2) is 95.8 Å². The Morgan fingerprint density at radius 3 is 2.80 bits per heavy atom. The second-order valence-electron chi connectivity index (χ2n) is 9.55. The van der Waals surface area contributed by atoms with Gasteiger partial charge < -0.3 is 14.7 Å². The van der Waals surface area contributed by atoms with Crippen LogP contribution in [-0.2, 0) is 16.1 Å². The second-order valence-corrected chi connectivity index (χ2v) is 9.55. The highest BCUT2D eigenvalue weighted by molar-refractivity contribution is 5.78. The zero-order valence-electron chi connectivity index (χ0n) is 18.2. The lowest BCUT2D eigenvalue weighted by molar-refractivity contribution is -0.136. The summed E-state index contributed by atoms with van der Waals surface area (Å²) in [4.78, 5) is 23.6. The molecule has 1 aromatic rings. The van der Waals surface area contributed by atoms with Crippen LogP contribution in [0.2, 0.25) is 0 Å². The Bertz CT molecular complexity index is 687. The lowest BCUT2D eigenvalue weighted by Gasteiger charge is -2.51. The van der Waals surface area contributed by atoms with Crippen molar-refractivity contribution in [2.24, 2.45) is 5.41 Å². The zero-order chi connectivity index (χ0) is 21.0. The Hall–Kier alpha value is -1.54. The van der Waals surface area contributed by atoms with Gasteiger partial charge in [-0.15, -0.1) is 0 Å². The average Bonchev–Trinajstić information content (AvgIpc) is 2.75. The van der Waals surface area contributed by atoms with Crippen molar-refractivity contribution in [3.05, 3.63) is 30.1 Å². The molecule has 1 N–H and O–H groups in total.